The van der Waals surface area contributed by atoms with Crippen molar-refractivity contribution in [3.05, 3.63) is 5.82 Å². The average Bonchev–Trinajstić information content (AvgIpc) is 2.47. The third-order valence-corrected chi connectivity index (χ3v) is 1.81. The maximum Gasteiger partial charge on any atom is 0.177 e. The van der Waals surface area contributed by atoms with Crippen LogP contribution in [0.1, 0.15) is 26.6 Å². The Morgan fingerprint density at radius 1 is 1.47 bits per heavy atom. The zero-order valence-corrected chi connectivity index (χ0v) is 9.66. The number of hydrogen-bond acceptors (Lipinski definition) is 4. The van der Waals surface area contributed by atoms with Crippen LogP contribution < -0.4 is 5.32 Å². The van der Waals surface area contributed by atoms with Crippen molar-refractivity contribution in [2.75, 3.05) is 6.54 Å². The van der Waals surface area contributed by atoms with Gasteiger partial charge in [0.15, 0.2) is 5.82 Å². The Labute approximate surface area is 89.0 Å². The summed E-state index contributed by atoms with van der Waals surface area (Å²) in [5.41, 5.74) is -0.0693. The highest BCUT2D eigenvalue weighted by Gasteiger charge is 2.15. The predicted molar refractivity (Wildman–Crippen MR) is 55.2 cm³/mol. The van der Waals surface area contributed by atoms with Crippen LogP contribution in [0.15, 0.2) is 0 Å². The number of aryl methyl sites for hydroxylation is 1. The number of tetrazole rings is 1. The molecule has 6 heteroatoms. The SMILES string of the molecule is Cn1nnc(CC(F)CNC(C)(C)C)n1. The standard InChI is InChI=1S/C9H18FN5/c1-9(2,3)11-6-7(10)5-8-12-14-15(4)13-8/h7,11H,5-6H2,1-4H3. The lowest BCUT2D eigenvalue weighted by Crippen LogP contribution is -2.40. The molecule has 0 bridgehead atoms. The Balaban J connectivity index is 2.33. The molecule has 0 saturated carbocycles. The van der Waals surface area contributed by atoms with Crippen molar-refractivity contribution in [2.45, 2.75) is 38.9 Å². The van der Waals surface area contributed by atoms with Gasteiger partial charge in [0.25, 0.3) is 0 Å². The highest BCUT2D eigenvalue weighted by Crippen LogP contribution is 2.03. The van der Waals surface area contributed by atoms with Gasteiger partial charge in [-0.3, -0.25) is 0 Å². The van der Waals surface area contributed by atoms with E-state index in [9.17, 15) is 4.39 Å². The zero-order chi connectivity index (χ0) is 11.5. The van der Waals surface area contributed by atoms with E-state index in [0.29, 0.717) is 12.4 Å². The van der Waals surface area contributed by atoms with Crippen molar-refractivity contribution in [1.82, 2.24) is 25.5 Å². The van der Waals surface area contributed by atoms with Crippen molar-refractivity contribution in [3.63, 3.8) is 0 Å². The van der Waals surface area contributed by atoms with E-state index in [-0.39, 0.29) is 12.0 Å². The Morgan fingerprint density at radius 2 is 2.13 bits per heavy atom. The second-order valence-electron chi connectivity index (χ2n) is 4.63. The molecule has 0 aliphatic rings. The Bertz CT molecular complexity index is 304. The molecule has 1 N–H and O–H groups in total. The largest absolute Gasteiger partial charge is 0.309 e. The summed E-state index contributed by atoms with van der Waals surface area (Å²) >= 11 is 0. The molecule has 1 aromatic heterocycles. The van der Waals surface area contributed by atoms with Crippen LogP contribution in [0.2, 0.25) is 0 Å². The minimum absolute atomic E-state index is 0.0693. The first kappa shape index (κ1) is 12.0. The van der Waals surface area contributed by atoms with Crippen LogP contribution in [0.25, 0.3) is 0 Å². The molecular weight excluding hydrogens is 197 g/mol. The Hall–Kier alpha value is -1.04. The lowest BCUT2D eigenvalue weighted by Gasteiger charge is -2.21. The van der Waals surface area contributed by atoms with Crippen molar-refractivity contribution in [1.29, 1.82) is 0 Å². The van der Waals surface area contributed by atoms with Gasteiger partial charge in [-0.25, -0.2) is 4.39 Å². The molecule has 1 rings (SSSR count). The van der Waals surface area contributed by atoms with E-state index >= 15 is 0 Å². The molecule has 0 amide bonds. The molecule has 1 aromatic rings. The van der Waals surface area contributed by atoms with Gasteiger partial charge in [0.2, 0.25) is 0 Å². The van der Waals surface area contributed by atoms with E-state index in [2.05, 4.69) is 20.7 Å². The second-order valence-corrected chi connectivity index (χ2v) is 4.63. The Morgan fingerprint density at radius 3 is 2.60 bits per heavy atom. The van der Waals surface area contributed by atoms with E-state index in [1.807, 2.05) is 20.8 Å². The van der Waals surface area contributed by atoms with Crippen LogP contribution in [0.4, 0.5) is 4.39 Å². The minimum atomic E-state index is -0.978. The van der Waals surface area contributed by atoms with Crippen molar-refractivity contribution in [2.24, 2.45) is 7.05 Å². The van der Waals surface area contributed by atoms with Crippen molar-refractivity contribution >= 4 is 0 Å². The molecule has 0 aliphatic heterocycles. The summed E-state index contributed by atoms with van der Waals surface area (Å²) in [6.45, 7) is 6.31. The van der Waals surface area contributed by atoms with E-state index < -0.39 is 6.17 Å². The normalized spacial score (nSPS) is 14.2. The molecule has 0 radical (unpaired) electrons. The first-order chi connectivity index (χ1) is 6.87. The zero-order valence-electron chi connectivity index (χ0n) is 9.66. The Kier molecular flexibility index (Phi) is 3.73. The molecule has 15 heavy (non-hydrogen) atoms. The molecule has 1 atom stereocenters. The molecule has 0 aromatic carbocycles. The second kappa shape index (κ2) is 4.65. The van der Waals surface area contributed by atoms with Gasteiger partial charge < -0.3 is 5.32 Å². The van der Waals surface area contributed by atoms with E-state index in [1.165, 1.54) is 4.80 Å². The molecule has 0 fully saturated rings. The monoisotopic (exact) mass is 215 g/mol. The van der Waals surface area contributed by atoms with Crippen molar-refractivity contribution in [3.8, 4) is 0 Å². The molecular formula is C9H18FN5. The van der Waals surface area contributed by atoms with Crippen LogP contribution in [-0.4, -0.2) is 38.5 Å². The molecule has 0 aliphatic carbocycles. The summed E-state index contributed by atoms with van der Waals surface area (Å²) in [6.07, 6.45) is -0.773. The molecule has 86 valence electrons. The first-order valence-corrected chi connectivity index (χ1v) is 4.99. The van der Waals surface area contributed by atoms with Gasteiger partial charge in [-0.15, -0.1) is 10.2 Å². The van der Waals surface area contributed by atoms with Crippen LogP contribution in [-0.2, 0) is 13.5 Å². The van der Waals surface area contributed by atoms with Gasteiger partial charge in [0, 0.05) is 18.5 Å². The number of halogens is 1. The summed E-state index contributed by atoms with van der Waals surface area (Å²) in [4.78, 5) is 1.33. The fourth-order valence-electron chi connectivity index (χ4n) is 1.09. The number of aromatic nitrogens is 4. The van der Waals surface area contributed by atoms with Gasteiger partial charge in [-0.05, 0) is 26.0 Å². The fraction of sp³-hybridized carbons (Fsp3) is 0.889. The topological polar surface area (TPSA) is 55.6 Å². The summed E-state index contributed by atoms with van der Waals surface area (Å²) in [7, 11) is 1.66. The summed E-state index contributed by atoms with van der Waals surface area (Å²) < 4.78 is 13.4. The number of alkyl halides is 1. The maximum absolute atomic E-state index is 13.4. The summed E-state index contributed by atoms with van der Waals surface area (Å²) in [5, 5.41) is 14.4. The molecule has 1 heterocycles. The van der Waals surface area contributed by atoms with Crippen LogP contribution >= 0.6 is 0 Å². The molecule has 1 unspecified atom stereocenters. The number of nitrogens with zero attached hydrogens (tertiary/aromatic N) is 4. The first-order valence-electron chi connectivity index (χ1n) is 4.99. The van der Waals surface area contributed by atoms with E-state index in [1.54, 1.807) is 7.05 Å². The van der Waals surface area contributed by atoms with Crippen LogP contribution in [0.3, 0.4) is 0 Å². The van der Waals surface area contributed by atoms with Gasteiger partial charge in [0.05, 0.1) is 7.05 Å². The number of hydrogen-bond donors (Lipinski definition) is 1. The summed E-state index contributed by atoms with van der Waals surface area (Å²) in [6, 6.07) is 0. The quantitative estimate of drug-likeness (QED) is 0.793. The van der Waals surface area contributed by atoms with Gasteiger partial charge in [-0.2, -0.15) is 4.80 Å². The maximum atomic E-state index is 13.4. The molecule has 0 saturated heterocycles. The van der Waals surface area contributed by atoms with Gasteiger partial charge in [-0.1, -0.05) is 0 Å². The van der Waals surface area contributed by atoms with Crippen LogP contribution in [0, 0.1) is 0 Å². The highest BCUT2D eigenvalue weighted by molar-refractivity contribution is 4.83. The van der Waals surface area contributed by atoms with Crippen LogP contribution in [0.5, 0.6) is 0 Å². The lowest BCUT2D eigenvalue weighted by atomic mass is 10.1. The van der Waals surface area contributed by atoms with E-state index in [4.69, 9.17) is 0 Å². The third kappa shape index (κ3) is 4.83. The molecule has 5 nitrogen and oxygen atoms in total. The summed E-state index contributed by atoms with van der Waals surface area (Å²) in [5.74, 6) is 0.445. The predicted octanol–water partition coefficient (Wildman–Crippen LogP) is 0.479. The smallest absolute Gasteiger partial charge is 0.177 e. The number of nitrogens with one attached hydrogen (secondary N) is 1. The van der Waals surface area contributed by atoms with Gasteiger partial charge >= 0.3 is 0 Å². The van der Waals surface area contributed by atoms with Crippen molar-refractivity contribution < 1.29 is 4.39 Å². The fourth-order valence-corrected chi connectivity index (χ4v) is 1.09. The average molecular weight is 215 g/mol. The number of rotatable bonds is 4. The lowest BCUT2D eigenvalue weighted by molar-refractivity contribution is 0.281. The molecule has 0 spiro atoms. The van der Waals surface area contributed by atoms with Gasteiger partial charge in [0.1, 0.15) is 6.17 Å². The minimum Gasteiger partial charge on any atom is -0.309 e. The van der Waals surface area contributed by atoms with E-state index in [0.717, 1.165) is 0 Å². The third-order valence-electron chi connectivity index (χ3n) is 1.81. The highest BCUT2D eigenvalue weighted by atomic mass is 19.1.